The summed E-state index contributed by atoms with van der Waals surface area (Å²) >= 11 is 0. The van der Waals surface area contributed by atoms with Crippen LogP contribution in [0.5, 0.6) is 5.75 Å². The number of halogens is 1. The van der Waals surface area contributed by atoms with Crippen molar-refractivity contribution in [3.63, 3.8) is 0 Å². The van der Waals surface area contributed by atoms with Crippen LogP contribution in [0.2, 0.25) is 0 Å². The van der Waals surface area contributed by atoms with E-state index in [0.29, 0.717) is 30.0 Å². The molecule has 35 heavy (non-hydrogen) atoms. The normalized spacial score (nSPS) is 16.5. The van der Waals surface area contributed by atoms with Gasteiger partial charge in [-0.1, -0.05) is 0 Å². The molecular weight excluding hydrogens is 453 g/mol. The van der Waals surface area contributed by atoms with E-state index in [9.17, 15) is 19.1 Å². The highest BCUT2D eigenvalue weighted by atomic mass is 19.1. The smallest absolute Gasteiger partial charge is 0.339 e. The number of H-pyrrole nitrogens is 1. The van der Waals surface area contributed by atoms with Gasteiger partial charge in [-0.05, 0) is 54.4 Å². The fraction of sp³-hybridized carbons (Fsp3) is 0.308. The maximum atomic E-state index is 13.3. The Balaban J connectivity index is 1.38. The van der Waals surface area contributed by atoms with Gasteiger partial charge in [0.2, 0.25) is 0 Å². The third kappa shape index (κ3) is 4.91. The van der Waals surface area contributed by atoms with Crippen molar-refractivity contribution in [1.82, 2.24) is 14.8 Å². The molecule has 9 heteroatoms. The van der Waals surface area contributed by atoms with Crippen LogP contribution in [0, 0.1) is 5.82 Å². The maximum absolute atomic E-state index is 13.3. The fourth-order valence-corrected chi connectivity index (χ4v) is 4.52. The van der Waals surface area contributed by atoms with Gasteiger partial charge in [-0.3, -0.25) is 9.69 Å². The molecule has 0 atom stereocenters. The Morgan fingerprint density at radius 2 is 1.86 bits per heavy atom. The molecule has 0 spiro atoms. The van der Waals surface area contributed by atoms with E-state index >= 15 is 0 Å². The van der Waals surface area contributed by atoms with E-state index in [2.05, 4.69) is 9.88 Å². The van der Waals surface area contributed by atoms with E-state index in [0.717, 1.165) is 49.3 Å². The number of aromatic nitrogens is 1. The van der Waals surface area contributed by atoms with Gasteiger partial charge < -0.3 is 24.5 Å². The van der Waals surface area contributed by atoms with Crippen LogP contribution >= 0.6 is 0 Å². The molecule has 2 aliphatic rings. The molecule has 0 aliphatic carbocycles. The number of hydrogen-bond acceptors (Lipinski definition) is 5. The molecule has 3 aromatic rings. The SMILES string of the molecule is O=C(O)C1=CN(C(=O)c2ccc(F)cc2)CCc2c1[nH]c1ccc(OCCN3CCOCC3)cc21. The van der Waals surface area contributed by atoms with Gasteiger partial charge in [0.1, 0.15) is 18.2 Å². The lowest BCUT2D eigenvalue weighted by Gasteiger charge is -2.26. The second-order valence-electron chi connectivity index (χ2n) is 8.59. The summed E-state index contributed by atoms with van der Waals surface area (Å²) in [7, 11) is 0. The number of hydrogen-bond donors (Lipinski definition) is 2. The number of amides is 1. The van der Waals surface area contributed by atoms with E-state index in [4.69, 9.17) is 9.47 Å². The molecule has 3 heterocycles. The van der Waals surface area contributed by atoms with Crippen LogP contribution in [-0.2, 0) is 16.0 Å². The van der Waals surface area contributed by atoms with Gasteiger partial charge in [0.15, 0.2) is 0 Å². The van der Waals surface area contributed by atoms with Crippen molar-refractivity contribution in [1.29, 1.82) is 0 Å². The van der Waals surface area contributed by atoms with Crippen LogP contribution in [0.15, 0.2) is 48.7 Å². The lowest BCUT2D eigenvalue weighted by Crippen LogP contribution is -2.38. The number of ether oxygens (including phenoxy) is 2. The molecule has 8 nitrogen and oxygen atoms in total. The molecule has 1 fully saturated rings. The molecule has 2 N–H and O–H groups in total. The standard InChI is InChI=1S/C26H26FN3O5/c27-18-3-1-17(2-4-18)25(31)30-8-7-20-21-15-19(35-14-11-29-9-12-34-13-10-29)5-6-23(21)28-24(20)22(16-30)26(32)33/h1-6,15-16,28H,7-14H2,(H,32,33). The topological polar surface area (TPSA) is 95.1 Å². The minimum absolute atomic E-state index is 0.000975. The second-order valence-corrected chi connectivity index (χ2v) is 8.59. The summed E-state index contributed by atoms with van der Waals surface area (Å²) in [5, 5.41) is 10.8. The number of carbonyl (C=O) groups excluding carboxylic acids is 1. The van der Waals surface area contributed by atoms with Crippen molar-refractivity contribution in [3.05, 3.63) is 71.3 Å². The first-order chi connectivity index (χ1) is 17.0. The van der Waals surface area contributed by atoms with E-state index < -0.39 is 11.8 Å². The van der Waals surface area contributed by atoms with Crippen LogP contribution in [-0.4, -0.2) is 77.8 Å². The zero-order valence-electron chi connectivity index (χ0n) is 19.1. The molecule has 1 aromatic heterocycles. The molecule has 2 aromatic carbocycles. The number of aromatic amines is 1. The monoisotopic (exact) mass is 479 g/mol. The quantitative estimate of drug-likeness (QED) is 0.564. The molecule has 2 aliphatic heterocycles. The third-order valence-electron chi connectivity index (χ3n) is 6.40. The van der Waals surface area contributed by atoms with Crippen molar-refractivity contribution in [3.8, 4) is 5.75 Å². The van der Waals surface area contributed by atoms with Crippen molar-refractivity contribution < 1.29 is 28.6 Å². The molecule has 0 radical (unpaired) electrons. The summed E-state index contributed by atoms with van der Waals surface area (Å²) in [6.07, 6.45) is 1.81. The Bertz CT molecular complexity index is 1280. The van der Waals surface area contributed by atoms with Gasteiger partial charge in [-0.15, -0.1) is 0 Å². The zero-order valence-corrected chi connectivity index (χ0v) is 19.1. The summed E-state index contributed by atoms with van der Waals surface area (Å²) in [5.41, 5.74) is 2.40. The molecule has 0 unspecified atom stereocenters. The number of morpholine rings is 1. The van der Waals surface area contributed by atoms with E-state index in [1.165, 1.54) is 35.4 Å². The molecule has 0 bridgehead atoms. The number of carboxylic acid groups (broad SMARTS) is 1. The number of carboxylic acids is 1. The first kappa shape index (κ1) is 23.1. The Labute approximate surface area is 201 Å². The number of nitrogens with one attached hydrogen (secondary N) is 1. The number of aliphatic carboxylic acids is 1. The van der Waals surface area contributed by atoms with Crippen LogP contribution < -0.4 is 4.74 Å². The van der Waals surface area contributed by atoms with Gasteiger partial charge in [0.25, 0.3) is 5.91 Å². The second kappa shape index (κ2) is 9.89. The summed E-state index contributed by atoms with van der Waals surface area (Å²) in [4.78, 5) is 32.0. The van der Waals surface area contributed by atoms with Gasteiger partial charge >= 0.3 is 5.97 Å². The molecule has 182 valence electrons. The Morgan fingerprint density at radius 1 is 1.09 bits per heavy atom. The average Bonchev–Trinajstić information content (AvgIpc) is 3.10. The molecule has 1 saturated heterocycles. The molecular formula is C26H26FN3O5. The predicted octanol–water partition coefficient (Wildman–Crippen LogP) is 3.14. The summed E-state index contributed by atoms with van der Waals surface area (Å²) in [5.74, 6) is -1.26. The lowest BCUT2D eigenvalue weighted by atomic mass is 10.0. The van der Waals surface area contributed by atoms with Crippen molar-refractivity contribution in [2.24, 2.45) is 0 Å². The Kier molecular flexibility index (Phi) is 6.52. The summed E-state index contributed by atoms with van der Waals surface area (Å²) in [6.45, 7) is 4.89. The third-order valence-corrected chi connectivity index (χ3v) is 6.40. The van der Waals surface area contributed by atoms with E-state index in [-0.39, 0.29) is 18.0 Å². The van der Waals surface area contributed by atoms with E-state index in [1.807, 2.05) is 18.2 Å². The van der Waals surface area contributed by atoms with Crippen molar-refractivity contribution >= 4 is 28.4 Å². The van der Waals surface area contributed by atoms with E-state index in [1.54, 1.807) is 0 Å². The average molecular weight is 480 g/mol. The van der Waals surface area contributed by atoms with Crippen molar-refractivity contribution in [2.45, 2.75) is 6.42 Å². The number of carbonyl (C=O) groups is 2. The van der Waals surface area contributed by atoms with Crippen LogP contribution in [0.1, 0.15) is 21.6 Å². The zero-order chi connectivity index (χ0) is 24.4. The van der Waals surface area contributed by atoms with Crippen LogP contribution in [0.25, 0.3) is 16.5 Å². The fourth-order valence-electron chi connectivity index (χ4n) is 4.52. The molecule has 0 saturated carbocycles. The highest BCUT2D eigenvalue weighted by molar-refractivity contribution is 6.17. The molecule has 1 amide bonds. The number of nitrogens with zero attached hydrogens (tertiary/aromatic N) is 2. The Hall–Kier alpha value is -3.69. The minimum Gasteiger partial charge on any atom is -0.492 e. The largest absolute Gasteiger partial charge is 0.492 e. The Morgan fingerprint density at radius 3 is 2.60 bits per heavy atom. The number of benzene rings is 2. The molecule has 5 rings (SSSR count). The maximum Gasteiger partial charge on any atom is 0.339 e. The highest BCUT2D eigenvalue weighted by Crippen LogP contribution is 2.33. The van der Waals surface area contributed by atoms with Gasteiger partial charge in [-0.2, -0.15) is 0 Å². The summed E-state index contributed by atoms with van der Waals surface area (Å²) in [6, 6.07) is 10.9. The van der Waals surface area contributed by atoms with Crippen molar-refractivity contribution in [2.75, 3.05) is 46.0 Å². The number of rotatable bonds is 6. The van der Waals surface area contributed by atoms with Crippen LogP contribution in [0.4, 0.5) is 4.39 Å². The van der Waals surface area contributed by atoms with Gasteiger partial charge in [0, 0.05) is 48.8 Å². The van der Waals surface area contributed by atoms with Crippen LogP contribution in [0.3, 0.4) is 0 Å². The van der Waals surface area contributed by atoms with Gasteiger partial charge in [-0.25, -0.2) is 9.18 Å². The highest BCUT2D eigenvalue weighted by Gasteiger charge is 2.27. The first-order valence-electron chi connectivity index (χ1n) is 11.6. The summed E-state index contributed by atoms with van der Waals surface area (Å²) < 4.78 is 24.6. The number of fused-ring (bicyclic) bond motifs is 3. The first-order valence-corrected chi connectivity index (χ1v) is 11.6. The minimum atomic E-state index is -1.14. The predicted molar refractivity (Wildman–Crippen MR) is 128 cm³/mol. The van der Waals surface area contributed by atoms with Gasteiger partial charge in [0.05, 0.1) is 24.5 Å². The lowest BCUT2D eigenvalue weighted by molar-refractivity contribution is -0.130.